The lowest BCUT2D eigenvalue weighted by Gasteiger charge is -2.18. The van der Waals surface area contributed by atoms with Crippen molar-refractivity contribution in [2.75, 3.05) is 0 Å². The van der Waals surface area contributed by atoms with Crippen LogP contribution in [-0.2, 0) is 4.79 Å². The number of aliphatic carboxylic acids is 1. The Labute approximate surface area is 127 Å². The lowest BCUT2D eigenvalue weighted by Crippen LogP contribution is -2.30. The van der Waals surface area contributed by atoms with Crippen LogP contribution in [0.1, 0.15) is 33.9 Å². The summed E-state index contributed by atoms with van der Waals surface area (Å²) in [5, 5.41) is 11.7. The molecule has 0 saturated heterocycles. The largest absolute Gasteiger partial charge is 0.481 e. The summed E-state index contributed by atoms with van der Waals surface area (Å²) in [7, 11) is 0. The maximum Gasteiger partial charge on any atom is 0.305 e. The molecule has 0 saturated carbocycles. The molecule has 1 amide bonds. The van der Waals surface area contributed by atoms with Crippen LogP contribution in [0.5, 0.6) is 0 Å². The number of hydrogen-bond acceptors (Lipinski definition) is 2. The number of amides is 1. The molecular weight excluding hydrogens is 285 g/mol. The SMILES string of the molecule is Cc1ccc(C(CC(=O)O)NC(=O)c2cccc(F)c2)cc1. The standard InChI is InChI=1S/C17H16FNO3/c1-11-5-7-12(8-6-11)15(10-16(20)21)19-17(22)13-3-2-4-14(18)9-13/h2-9,15H,10H2,1H3,(H,19,22)(H,20,21). The minimum atomic E-state index is -1.02. The Morgan fingerprint density at radius 3 is 2.45 bits per heavy atom. The zero-order chi connectivity index (χ0) is 16.1. The number of carboxylic acid groups (broad SMARTS) is 1. The van der Waals surface area contributed by atoms with Gasteiger partial charge in [-0.05, 0) is 30.7 Å². The van der Waals surface area contributed by atoms with Crippen molar-refractivity contribution in [2.24, 2.45) is 0 Å². The maximum absolute atomic E-state index is 13.2. The molecule has 1 atom stereocenters. The van der Waals surface area contributed by atoms with Crippen LogP contribution in [0.2, 0.25) is 0 Å². The third-order valence-electron chi connectivity index (χ3n) is 3.25. The van der Waals surface area contributed by atoms with E-state index >= 15 is 0 Å². The van der Waals surface area contributed by atoms with Crippen molar-refractivity contribution in [3.05, 3.63) is 71.0 Å². The summed E-state index contributed by atoms with van der Waals surface area (Å²) in [4.78, 5) is 23.2. The first-order chi connectivity index (χ1) is 10.5. The highest BCUT2D eigenvalue weighted by Crippen LogP contribution is 2.18. The molecule has 2 aromatic rings. The fourth-order valence-electron chi connectivity index (χ4n) is 2.10. The van der Waals surface area contributed by atoms with Crippen LogP contribution >= 0.6 is 0 Å². The van der Waals surface area contributed by atoms with Crippen LogP contribution in [0.3, 0.4) is 0 Å². The summed E-state index contributed by atoms with van der Waals surface area (Å²) < 4.78 is 13.2. The average molecular weight is 301 g/mol. The molecule has 0 heterocycles. The van der Waals surface area contributed by atoms with Gasteiger partial charge in [0.2, 0.25) is 0 Å². The number of aryl methyl sites for hydroxylation is 1. The second-order valence-corrected chi connectivity index (χ2v) is 5.04. The number of rotatable bonds is 5. The van der Waals surface area contributed by atoms with Gasteiger partial charge in [0.25, 0.3) is 5.91 Å². The molecule has 4 nitrogen and oxygen atoms in total. The monoisotopic (exact) mass is 301 g/mol. The highest BCUT2D eigenvalue weighted by Gasteiger charge is 2.19. The third-order valence-corrected chi connectivity index (χ3v) is 3.25. The smallest absolute Gasteiger partial charge is 0.305 e. The number of carboxylic acids is 1. The Hall–Kier alpha value is -2.69. The summed E-state index contributed by atoms with van der Waals surface area (Å²) in [6, 6.07) is 11.8. The summed E-state index contributed by atoms with van der Waals surface area (Å²) >= 11 is 0. The molecule has 2 rings (SSSR count). The Bertz CT molecular complexity index is 683. The Morgan fingerprint density at radius 1 is 1.18 bits per heavy atom. The zero-order valence-electron chi connectivity index (χ0n) is 12.0. The fraction of sp³-hybridized carbons (Fsp3) is 0.176. The molecule has 1 unspecified atom stereocenters. The number of nitrogens with one attached hydrogen (secondary N) is 1. The maximum atomic E-state index is 13.2. The van der Waals surface area contributed by atoms with E-state index in [-0.39, 0.29) is 12.0 Å². The molecule has 2 aromatic carbocycles. The predicted octanol–water partition coefficient (Wildman–Crippen LogP) is 3.08. The third kappa shape index (κ3) is 4.15. The van der Waals surface area contributed by atoms with E-state index in [2.05, 4.69) is 5.32 Å². The molecule has 0 aliphatic rings. The molecule has 0 spiro atoms. The Kier molecular flexibility index (Phi) is 4.88. The Morgan fingerprint density at radius 2 is 1.86 bits per heavy atom. The highest BCUT2D eigenvalue weighted by molar-refractivity contribution is 5.94. The van der Waals surface area contributed by atoms with Gasteiger partial charge in [-0.3, -0.25) is 9.59 Å². The van der Waals surface area contributed by atoms with Crippen LogP contribution in [-0.4, -0.2) is 17.0 Å². The van der Waals surface area contributed by atoms with Crippen molar-refractivity contribution < 1.29 is 19.1 Å². The van der Waals surface area contributed by atoms with Gasteiger partial charge in [-0.2, -0.15) is 0 Å². The van der Waals surface area contributed by atoms with Crippen molar-refractivity contribution in [1.29, 1.82) is 0 Å². The van der Waals surface area contributed by atoms with Gasteiger partial charge in [-0.1, -0.05) is 35.9 Å². The number of benzene rings is 2. The van der Waals surface area contributed by atoms with E-state index in [9.17, 15) is 14.0 Å². The van der Waals surface area contributed by atoms with Gasteiger partial charge in [0.05, 0.1) is 12.5 Å². The van der Waals surface area contributed by atoms with Crippen LogP contribution in [0.4, 0.5) is 4.39 Å². The van der Waals surface area contributed by atoms with Crippen molar-refractivity contribution in [2.45, 2.75) is 19.4 Å². The van der Waals surface area contributed by atoms with Crippen molar-refractivity contribution in [3.63, 3.8) is 0 Å². The summed E-state index contributed by atoms with van der Waals surface area (Å²) in [6.07, 6.45) is -0.246. The predicted molar refractivity (Wildman–Crippen MR) is 80.0 cm³/mol. The number of halogens is 1. The number of carbonyl (C=O) groups is 2. The summed E-state index contributed by atoms with van der Waals surface area (Å²) in [6.45, 7) is 1.92. The molecule has 0 bridgehead atoms. The molecule has 5 heteroatoms. The highest BCUT2D eigenvalue weighted by atomic mass is 19.1. The van der Waals surface area contributed by atoms with Crippen LogP contribution in [0.15, 0.2) is 48.5 Å². The van der Waals surface area contributed by atoms with E-state index in [1.807, 2.05) is 19.1 Å². The van der Waals surface area contributed by atoms with Gasteiger partial charge in [0.15, 0.2) is 0 Å². The second kappa shape index (κ2) is 6.85. The van der Waals surface area contributed by atoms with Gasteiger partial charge >= 0.3 is 5.97 Å². The first-order valence-electron chi connectivity index (χ1n) is 6.80. The Balaban J connectivity index is 2.21. The molecule has 2 N–H and O–H groups in total. The van der Waals surface area contributed by atoms with Crippen molar-refractivity contribution in [3.8, 4) is 0 Å². The van der Waals surface area contributed by atoms with Crippen molar-refractivity contribution in [1.82, 2.24) is 5.32 Å². The van der Waals surface area contributed by atoms with Gasteiger partial charge < -0.3 is 10.4 Å². The van der Waals surface area contributed by atoms with E-state index in [1.165, 1.54) is 18.2 Å². The fourth-order valence-corrected chi connectivity index (χ4v) is 2.10. The molecule has 114 valence electrons. The lowest BCUT2D eigenvalue weighted by molar-refractivity contribution is -0.137. The van der Waals surface area contributed by atoms with Gasteiger partial charge in [0.1, 0.15) is 5.82 Å². The second-order valence-electron chi connectivity index (χ2n) is 5.04. The summed E-state index contributed by atoms with van der Waals surface area (Å²) in [5.74, 6) is -2.05. The van der Waals surface area contributed by atoms with Crippen LogP contribution in [0.25, 0.3) is 0 Å². The average Bonchev–Trinajstić information content (AvgIpc) is 2.47. The molecular formula is C17H16FNO3. The lowest BCUT2D eigenvalue weighted by atomic mass is 10.0. The first kappa shape index (κ1) is 15.7. The molecule has 0 aliphatic carbocycles. The molecule has 0 aromatic heterocycles. The van der Waals surface area contributed by atoms with Gasteiger partial charge in [0, 0.05) is 5.56 Å². The van der Waals surface area contributed by atoms with Crippen LogP contribution < -0.4 is 5.32 Å². The minimum absolute atomic E-state index is 0.155. The molecule has 0 aliphatic heterocycles. The number of hydrogen-bond donors (Lipinski definition) is 2. The van der Waals surface area contributed by atoms with E-state index in [0.717, 1.165) is 11.6 Å². The quantitative estimate of drug-likeness (QED) is 0.892. The molecule has 0 radical (unpaired) electrons. The molecule has 22 heavy (non-hydrogen) atoms. The first-order valence-corrected chi connectivity index (χ1v) is 6.80. The topological polar surface area (TPSA) is 66.4 Å². The van der Waals surface area contributed by atoms with Gasteiger partial charge in [-0.15, -0.1) is 0 Å². The molecule has 0 fully saturated rings. The zero-order valence-corrected chi connectivity index (χ0v) is 12.0. The van der Waals surface area contributed by atoms with Crippen LogP contribution in [0, 0.1) is 12.7 Å². The number of carbonyl (C=O) groups excluding carboxylic acids is 1. The van der Waals surface area contributed by atoms with E-state index < -0.39 is 23.7 Å². The van der Waals surface area contributed by atoms with E-state index in [1.54, 1.807) is 12.1 Å². The van der Waals surface area contributed by atoms with Crippen molar-refractivity contribution >= 4 is 11.9 Å². The van der Waals surface area contributed by atoms with E-state index in [0.29, 0.717) is 5.56 Å². The summed E-state index contributed by atoms with van der Waals surface area (Å²) in [5.41, 5.74) is 1.88. The van der Waals surface area contributed by atoms with E-state index in [4.69, 9.17) is 5.11 Å². The normalized spacial score (nSPS) is 11.7. The minimum Gasteiger partial charge on any atom is -0.481 e. The van der Waals surface area contributed by atoms with Gasteiger partial charge in [-0.25, -0.2) is 4.39 Å².